The number of carbonyl (C=O) groups is 1. The second-order valence-corrected chi connectivity index (χ2v) is 4.60. The van der Waals surface area contributed by atoms with E-state index in [9.17, 15) is 9.90 Å². The summed E-state index contributed by atoms with van der Waals surface area (Å²) < 4.78 is 15.7. The average molecular weight is 333 g/mol. The van der Waals surface area contributed by atoms with Gasteiger partial charge in [0.2, 0.25) is 0 Å². The number of methoxy groups -OCH3 is 2. The van der Waals surface area contributed by atoms with Crippen molar-refractivity contribution in [2.75, 3.05) is 20.8 Å². The number of esters is 1. The van der Waals surface area contributed by atoms with Gasteiger partial charge in [0.15, 0.2) is 17.6 Å². The Labute approximate surface area is 120 Å². The third-order valence-electron chi connectivity index (χ3n) is 2.64. The Balaban J connectivity index is 3.32. The molecule has 0 amide bonds. The number of hydrogen-bond donors (Lipinski definition) is 1. The van der Waals surface area contributed by atoms with Crippen molar-refractivity contribution in [3.8, 4) is 11.5 Å². The molecule has 0 bridgehead atoms. The zero-order valence-corrected chi connectivity index (χ0v) is 12.9. The topological polar surface area (TPSA) is 65.0 Å². The van der Waals surface area contributed by atoms with E-state index in [0.717, 1.165) is 0 Å². The Bertz CT molecular complexity index is 473. The summed E-state index contributed by atoms with van der Waals surface area (Å²) in [5, 5.41) is 10.1. The van der Waals surface area contributed by atoms with Crippen LogP contribution in [-0.2, 0) is 9.53 Å². The van der Waals surface area contributed by atoms with Crippen LogP contribution in [0.15, 0.2) is 10.5 Å². The Kier molecular flexibility index (Phi) is 5.62. The lowest BCUT2D eigenvalue weighted by atomic mass is 10.0. The van der Waals surface area contributed by atoms with E-state index in [1.165, 1.54) is 14.2 Å². The van der Waals surface area contributed by atoms with Gasteiger partial charge < -0.3 is 19.3 Å². The maximum Gasteiger partial charge on any atom is 0.339 e. The number of rotatable bonds is 5. The number of halogens is 1. The summed E-state index contributed by atoms with van der Waals surface area (Å²) in [6.45, 7) is 3.66. The summed E-state index contributed by atoms with van der Waals surface area (Å²) in [6, 6.07) is 1.70. The highest BCUT2D eigenvalue weighted by Gasteiger charge is 2.27. The Hall–Kier alpha value is -1.27. The Morgan fingerprint density at radius 1 is 1.42 bits per heavy atom. The third kappa shape index (κ3) is 3.19. The third-order valence-corrected chi connectivity index (χ3v) is 3.43. The standard InChI is InChI=1S/C13H17BrO5/c1-5-19-13(16)11(15)9-7(2)6-8(17-3)12(18-4)10(9)14/h6,11,15H,5H2,1-4H3. The number of carbonyl (C=O) groups excluding carboxylic acids is 1. The first-order chi connectivity index (χ1) is 8.97. The van der Waals surface area contributed by atoms with Crippen molar-refractivity contribution in [3.63, 3.8) is 0 Å². The molecule has 1 atom stereocenters. The highest BCUT2D eigenvalue weighted by Crippen LogP contribution is 2.42. The normalized spacial score (nSPS) is 11.9. The van der Waals surface area contributed by atoms with Crippen molar-refractivity contribution in [1.82, 2.24) is 0 Å². The minimum Gasteiger partial charge on any atom is -0.493 e. The van der Waals surface area contributed by atoms with Crippen LogP contribution in [0, 0.1) is 6.92 Å². The highest BCUT2D eigenvalue weighted by molar-refractivity contribution is 9.10. The summed E-state index contributed by atoms with van der Waals surface area (Å²) >= 11 is 3.33. The molecular weight excluding hydrogens is 316 g/mol. The molecule has 0 fully saturated rings. The number of aliphatic hydroxyl groups is 1. The van der Waals surface area contributed by atoms with Gasteiger partial charge >= 0.3 is 5.97 Å². The molecule has 0 aromatic heterocycles. The van der Waals surface area contributed by atoms with Gasteiger partial charge in [0, 0.05) is 5.56 Å². The van der Waals surface area contributed by atoms with E-state index in [0.29, 0.717) is 27.1 Å². The number of hydrogen-bond acceptors (Lipinski definition) is 5. The van der Waals surface area contributed by atoms with Crippen LogP contribution in [0.1, 0.15) is 24.2 Å². The molecule has 0 saturated heterocycles. The molecule has 1 N–H and O–H groups in total. The highest BCUT2D eigenvalue weighted by atomic mass is 79.9. The van der Waals surface area contributed by atoms with Gasteiger partial charge in [-0.3, -0.25) is 0 Å². The van der Waals surface area contributed by atoms with Crippen LogP contribution >= 0.6 is 15.9 Å². The van der Waals surface area contributed by atoms with Crippen LogP contribution in [-0.4, -0.2) is 31.9 Å². The van der Waals surface area contributed by atoms with E-state index < -0.39 is 12.1 Å². The smallest absolute Gasteiger partial charge is 0.339 e. The minimum atomic E-state index is -1.37. The van der Waals surface area contributed by atoms with Crippen LogP contribution in [0.5, 0.6) is 11.5 Å². The van der Waals surface area contributed by atoms with Crippen LogP contribution < -0.4 is 9.47 Å². The lowest BCUT2D eigenvalue weighted by molar-refractivity contribution is -0.153. The maximum atomic E-state index is 11.6. The van der Waals surface area contributed by atoms with Crippen LogP contribution in [0.4, 0.5) is 0 Å². The lowest BCUT2D eigenvalue weighted by Crippen LogP contribution is -2.17. The molecule has 1 rings (SSSR count). The molecule has 0 aliphatic carbocycles. The van der Waals surface area contributed by atoms with Gasteiger partial charge in [-0.1, -0.05) is 0 Å². The molecule has 0 aliphatic rings. The zero-order valence-electron chi connectivity index (χ0n) is 11.3. The summed E-state index contributed by atoms with van der Waals surface area (Å²) in [5.74, 6) is 0.247. The molecule has 0 heterocycles. The Morgan fingerprint density at radius 3 is 2.53 bits per heavy atom. The molecule has 5 nitrogen and oxygen atoms in total. The van der Waals surface area contributed by atoms with Gasteiger partial charge in [-0.15, -0.1) is 0 Å². The van der Waals surface area contributed by atoms with Crippen molar-refractivity contribution >= 4 is 21.9 Å². The van der Waals surface area contributed by atoms with Gasteiger partial charge in [-0.25, -0.2) is 4.79 Å². The van der Waals surface area contributed by atoms with Gasteiger partial charge in [-0.2, -0.15) is 0 Å². The number of aryl methyl sites for hydroxylation is 1. The predicted octanol–water partition coefficient (Wildman–Crippen LogP) is 2.37. The van der Waals surface area contributed by atoms with Gasteiger partial charge in [0.1, 0.15) is 0 Å². The van der Waals surface area contributed by atoms with Crippen molar-refractivity contribution in [2.24, 2.45) is 0 Å². The molecule has 0 radical (unpaired) electrons. The molecule has 1 aromatic rings. The molecule has 1 aromatic carbocycles. The van der Waals surface area contributed by atoms with E-state index >= 15 is 0 Å². The molecular formula is C13H17BrO5. The van der Waals surface area contributed by atoms with Crippen molar-refractivity contribution in [3.05, 3.63) is 21.7 Å². The molecule has 0 spiro atoms. The summed E-state index contributed by atoms with van der Waals surface area (Å²) in [4.78, 5) is 11.6. The van der Waals surface area contributed by atoms with Crippen molar-refractivity contribution in [2.45, 2.75) is 20.0 Å². The van der Waals surface area contributed by atoms with Crippen LogP contribution in [0.25, 0.3) is 0 Å². The summed E-state index contributed by atoms with van der Waals surface area (Å²) in [7, 11) is 3.00. The lowest BCUT2D eigenvalue weighted by Gasteiger charge is -2.18. The van der Waals surface area contributed by atoms with Crippen molar-refractivity contribution in [1.29, 1.82) is 0 Å². The van der Waals surface area contributed by atoms with Gasteiger partial charge in [-0.05, 0) is 41.4 Å². The molecule has 6 heteroatoms. The zero-order chi connectivity index (χ0) is 14.6. The van der Waals surface area contributed by atoms with E-state index in [-0.39, 0.29) is 6.61 Å². The minimum absolute atomic E-state index is 0.208. The summed E-state index contributed by atoms with van der Waals surface area (Å²) in [5.41, 5.74) is 1.11. The van der Waals surface area contributed by atoms with Gasteiger partial charge in [0.05, 0.1) is 25.3 Å². The van der Waals surface area contributed by atoms with Gasteiger partial charge in [0.25, 0.3) is 0 Å². The maximum absolute atomic E-state index is 11.6. The molecule has 0 saturated carbocycles. The van der Waals surface area contributed by atoms with Crippen LogP contribution in [0.2, 0.25) is 0 Å². The van der Waals surface area contributed by atoms with E-state index in [4.69, 9.17) is 14.2 Å². The number of aliphatic hydroxyl groups excluding tert-OH is 1. The van der Waals surface area contributed by atoms with E-state index in [1.807, 2.05) is 0 Å². The first kappa shape index (κ1) is 15.8. The molecule has 0 aliphatic heterocycles. The second kappa shape index (κ2) is 6.77. The van der Waals surface area contributed by atoms with E-state index in [2.05, 4.69) is 15.9 Å². The monoisotopic (exact) mass is 332 g/mol. The molecule has 106 valence electrons. The number of benzene rings is 1. The average Bonchev–Trinajstić information content (AvgIpc) is 2.38. The first-order valence-corrected chi connectivity index (χ1v) is 6.52. The molecule has 19 heavy (non-hydrogen) atoms. The van der Waals surface area contributed by atoms with Crippen molar-refractivity contribution < 1.29 is 24.1 Å². The fourth-order valence-corrected chi connectivity index (χ4v) is 2.65. The fourth-order valence-electron chi connectivity index (χ4n) is 1.76. The van der Waals surface area contributed by atoms with Crippen LogP contribution in [0.3, 0.4) is 0 Å². The summed E-state index contributed by atoms with van der Waals surface area (Å²) in [6.07, 6.45) is -1.37. The quantitative estimate of drug-likeness (QED) is 0.838. The largest absolute Gasteiger partial charge is 0.493 e. The number of ether oxygens (including phenoxy) is 3. The Morgan fingerprint density at radius 2 is 2.05 bits per heavy atom. The fraction of sp³-hybridized carbons (Fsp3) is 0.462. The van der Waals surface area contributed by atoms with E-state index in [1.54, 1.807) is 19.9 Å². The first-order valence-electron chi connectivity index (χ1n) is 5.73. The SMILES string of the molecule is CCOC(=O)C(O)c1c(C)cc(OC)c(OC)c1Br. The predicted molar refractivity (Wildman–Crippen MR) is 73.6 cm³/mol. The molecule has 1 unspecified atom stereocenters. The second-order valence-electron chi connectivity index (χ2n) is 3.81.